The Morgan fingerprint density at radius 1 is 1.50 bits per heavy atom. The molecule has 0 heterocycles. The number of ether oxygens (including phenoxy) is 1. The van der Waals surface area contributed by atoms with Crippen LogP contribution in [0.3, 0.4) is 0 Å². The van der Waals surface area contributed by atoms with E-state index in [2.05, 4.69) is 4.74 Å². The zero-order valence-electron chi connectivity index (χ0n) is 7.71. The lowest BCUT2D eigenvalue weighted by Crippen LogP contribution is -2.14. The Balaban J connectivity index is 0.000000261. The van der Waals surface area contributed by atoms with Crippen LogP contribution in [0.5, 0.6) is 0 Å². The van der Waals surface area contributed by atoms with E-state index in [0.717, 1.165) is 19.3 Å². The van der Waals surface area contributed by atoms with Crippen molar-refractivity contribution >= 4 is 12.3 Å². The fraction of sp³-hybridized carbons (Fsp3) is 0.778. The maximum atomic E-state index is 10.8. The molecular weight excluding hydrogens is 156 g/mol. The lowest BCUT2D eigenvalue weighted by molar-refractivity contribution is -0.126. The van der Waals surface area contributed by atoms with E-state index in [4.69, 9.17) is 4.79 Å². The molecular formula is C9H16O3. The van der Waals surface area contributed by atoms with Gasteiger partial charge in [-0.2, -0.15) is 0 Å². The van der Waals surface area contributed by atoms with Crippen molar-refractivity contribution in [1.82, 2.24) is 0 Å². The Labute approximate surface area is 73.1 Å². The van der Waals surface area contributed by atoms with Crippen molar-refractivity contribution in [2.75, 3.05) is 7.11 Å². The van der Waals surface area contributed by atoms with E-state index in [0.29, 0.717) is 18.2 Å². The second-order valence-electron chi connectivity index (χ2n) is 2.95. The topological polar surface area (TPSA) is 43.4 Å². The summed E-state index contributed by atoms with van der Waals surface area (Å²) in [6, 6.07) is 0. The van der Waals surface area contributed by atoms with E-state index in [1.54, 1.807) is 0 Å². The molecule has 1 aliphatic carbocycles. The van der Waals surface area contributed by atoms with Crippen LogP contribution in [-0.2, 0) is 14.3 Å². The molecule has 0 aromatic rings. The van der Waals surface area contributed by atoms with Crippen LogP contribution in [0.15, 0.2) is 0 Å². The molecule has 12 heavy (non-hydrogen) atoms. The molecule has 1 atom stereocenters. The van der Waals surface area contributed by atoms with Crippen molar-refractivity contribution in [3.63, 3.8) is 0 Å². The van der Waals surface area contributed by atoms with Gasteiger partial charge in [0.05, 0.1) is 7.11 Å². The molecule has 1 fully saturated rings. The maximum absolute atomic E-state index is 10.8. The number of Topliss-reactive ketones (excluding diaryl/α,β-unsaturated/α-hetero) is 1. The van der Waals surface area contributed by atoms with Gasteiger partial charge in [-0.25, -0.2) is 0 Å². The van der Waals surface area contributed by atoms with Gasteiger partial charge in [-0.05, 0) is 12.8 Å². The Bertz CT molecular complexity index is 143. The highest BCUT2D eigenvalue weighted by molar-refractivity contribution is 5.81. The molecule has 1 saturated carbocycles. The first-order valence-electron chi connectivity index (χ1n) is 4.21. The Morgan fingerprint density at radius 3 is 2.33 bits per heavy atom. The molecule has 0 bridgehead atoms. The molecule has 0 N–H and O–H groups in total. The van der Waals surface area contributed by atoms with Crippen LogP contribution in [0.1, 0.15) is 32.6 Å². The molecule has 0 aliphatic heterocycles. The van der Waals surface area contributed by atoms with E-state index in [1.807, 2.05) is 6.92 Å². The Hall–Kier alpha value is -0.860. The molecule has 0 amide bonds. The summed E-state index contributed by atoms with van der Waals surface area (Å²) >= 11 is 0. The molecule has 0 aromatic heterocycles. The van der Waals surface area contributed by atoms with Crippen LogP contribution in [0, 0.1) is 5.92 Å². The molecule has 0 aromatic carbocycles. The lowest BCUT2D eigenvalue weighted by Gasteiger charge is -2.14. The van der Waals surface area contributed by atoms with Crippen molar-refractivity contribution in [2.24, 2.45) is 5.92 Å². The summed E-state index contributed by atoms with van der Waals surface area (Å²) < 4.78 is 3.86. The molecule has 1 rings (SSSR count). The monoisotopic (exact) mass is 172 g/mol. The standard InChI is InChI=1S/C7H12O.C2H4O2/c1-6-4-2-3-5-7(6)8;1-4-2-3/h6H,2-5H2,1H3;2H,1H3. The normalized spacial score (nSPS) is 22.2. The van der Waals surface area contributed by atoms with Crippen LogP contribution in [0.25, 0.3) is 0 Å². The van der Waals surface area contributed by atoms with Crippen molar-refractivity contribution in [1.29, 1.82) is 0 Å². The summed E-state index contributed by atoms with van der Waals surface area (Å²) in [4.78, 5) is 19.7. The van der Waals surface area contributed by atoms with Crippen LogP contribution in [0.2, 0.25) is 0 Å². The van der Waals surface area contributed by atoms with E-state index in [9.17, 15) is 4.79 Å². The van der Waals surface area contributed by atoms with Crippen molar-refractivity contribution in [3.8, 4) is 0 Å². The summed E-state index contributed by atoms with van der Waals surface area (Å²) in [6.07, 6.45) is 4.34. The first-order chi connectivity index (χ1) is 5.72. The molecule has 3 nitrogen and oxygen atoms in total. The summed E-state index contributed by atoms with van der Waals surface area (Å²) in [6.45, 7) is 2.40. The van der Waals surface area contributed by atoms with Gasteiger partial charge in [0.25, 0.3) is 6.47 Å². The van der Waals surface area contributed by atoms with Crippen molar-refractivity contribution in [2.45, 2.75) is 32.6 Å². The first-order valence-corrected chi connectivity index (χ1v) is 4.21. The second-order valence-corrected chi connectivity index (χ2v) is 2.95. The summed E-state index contributed by atoms with van der Waals surface area (Å²) in [5, 5.41) is 0. The molecule has 1 unspecified atom stereocenters. The smallest absolute Gasteiger partial charge is 0.292 e. The predicted octanol–water partition coefficient (Wildman–Crippen LogP) is 1.55. The average Bonchev–Trinajstić information content (AvgIpc) is 2.11. The van der Waals surface area contributed by atoms with Crippen molar-refractivity contribution in [3.05, 3.63) is 0 Å². The predicted molar refractivity (Wildman–Crippen MR) is 45.7 cm³/mol. The highest BCUT2D eigenvalue weighted by Crippen LogP contribution is 2.18. The van der Waals surface area contributed by atoms with Crippen LogP contribution < -0.4 is 0 Å². The van der Waals surface area contributed by atoms with E-state index >= 15 is 0 Å². The molecule has 70 valence electrons. The third kappa shape index (κ3) is 4.88. The average molecular weight is 172 g/mol. The highest BCUT2D eigenvalue weighted by atomic mass is 16.5. The minimum absolute atomic E-state index is 0.365. The third-order valence-electron chi connectivity index (χ3n) is 1.96. The van der Waals surface area contributed by atoms with Gasteiger partial charge in [-0.3, -0.25) is 9.59 Å². The third-order valence-corrected chi connectivity index (χ3v) is 1.96. The summed E-state index contributed by atoms with van der Waals surface area (Å²) in [5.41, 5.74) is 0. The van der Waals surface area contributed by atoms with Crippen molar-refractivity contribution < 1.29 is 14.3 Å². The lowest BCUT2D eigenvalue weighted by atomic mass is 9.90. The fourth-order valence-corrected chi connectivity index (χ4v) is 1.16. The number of carbonyl (C=O) groups is 2. The van der Waals surface area contributed by atoms with Gasteiger partial charge in [0, 0.05) is 12.3 Å². The number of hydrogen-bond acceptors (Lipinski definition) is 3. The minimum atomic E-state index is 0.365. The van der Waals surface area contributed by atoms with Gasteiger partial charge in [0.1, 0.15) is 5.78 Å². The van der Waals surface area contributed by atoms with Crippen LogP contribution in [0.4, 0.5) is 0 Å². The largest absolute Gasteiger partial charge is 0.471 e. The second kappa shape index (κ2) is 6.83. The SMILES string of the molecule is CC1CCCCC1=O.COC=O. The van der Waals surface area contributed by atoms with Crippen LogP contribution >= 0.6 is 0 Å². The van der Waals surface area contributed by atoms with E-state index < -0.39 is 0 Å². The van der Waals surface area contributed by atoms with Gasteiger partial charge >= 0.3 is 0 Å². The molecule has 3 heteroatoms. The highest BCUT2D eigenvalue weighted by Gasteiger charge is 2.16. The van der Waals surface area contributed by atoms with E-state index in [1.165, 1.54) is 13.5 Å². The quantitative estimate of drug-likeness (QED) is 0.564. The number of hydrogen-bond donors (Lipinski definition) is 0. The number of carbonyl (C=O) groups excluding carboxylic acids is 2. The molecule has 0 saturated heterocycles. The Kier molecular flexibility index (Phi) is 6.34. The molecule has 0 spiro atoms. The van der Waals surface area contributed by atoms with Gasteiger partial charge in [-0.1, -0.05) is 13.3 Å². The zero-order valence-corrected chi connectivity index (χ0v) is 7.71. The van der Waals surface area contributed by atoms with Gasteiger partial charge in [-0.15, -0.1) is 0 Å². The van der Waals surface area contributed by atoms with E-state index in [-0.39, 0.29) is 0 Å². The number of methoxy groups -OCH3 is 1. The molecule has 0 radical (unpaired) electrons. The van der Waals surface area contributed by atoms with Gasteiger partial charge in [0.2, 0.25) is 0 Å². The Morgan fingerprint density at radius 2 is 2.08 bits per heavy atom. The van der Waals surface area contributed by atoms with Gasteiger partial charge < -0.3 is 4.74 Å². The zero-order chi connectivity index (χ0) is 9.40. The van der Waals surface area contributed by atoms with Gasteiger partial charge in [0.15, 0.2) is 0 Å². The maximum Gasteiger partial charge on any atom is 0.292 e. The molecule has 1 aliphatic rings. The van der Waals surface area contributed by atoms with Crippen LogP contribution in [-0.4, -0.2) is 19.4 Å². The summed E-state index contributed by atoms with van der Waals surface area (Å²) in [7, 11) is 1.31. The number of ketones is 1. The fourth-order valence-electron chi connectivity index (χ4n) is 1.16. The number of rotatable bonds is 1. The summed E-state index contributed by atoms with van der Waals surface area (Å²) in [5.74, 6) is 0.833. The first kappa shape index (κ1) is 11.1. The minimum Gasteiger partial charge on any atom is -0.471 e.